The van der Waals surface area contributed by atoms with Gasteiger partial charge in [-0.3, -0.25) is 9.59 Å². The fourth-order valence-corrected chi connectivity index (χ4v) is 5.40. The lowest BCUT2D eigenvalue weighted by atomic mass is 9.95. The minimum atomic E-state index is -3.70. The van der Waals surface area contributed by atoms with Gasteiger partial charge in [-0.05, 0) is 42.0 Å². The number of ether oxygens (including phenoxy) is 1. The van der Waals surface area contributed by atoms with E-state index in [4.69, 9.17) is 4.74 Å². The topological polar surface area (TPSA) is 104 Å². The molecule has 3 rings (SSSR count). The summed E-state index contributed by atoms with van der Waals surface area (Å²) in [5, 5.41) is 11.0. The van der Waals surface area contributed by atoms with Crippen LogP contribution < -0.4 is 0 Å². The SMILES string of the molecule is CCN(CC)S(=O)(=O)c1ccc(C(O)=C2C(=O)C(=O)N(CCOC)C2c2ccc(F)cc2)cc1. The highest BCUT2D eigenvalue weighted by Gasteiger charge is 2.45. The van der Waals surface area contributed by atoms with Gasteiger partial charge in [0.2, 0.25) is 10.0 Å². The molecule has 34 heavy (non-hydrogen) atoms. The second-order valence-corrected chi connectivity index (χ2v) is 9.59. The molecule has 0 aromatic heterocycles. The van der Waals surface area contributed by atoms with Gasteiger partial charge in [0.05, 0.1) is 23.1 Å². The van der Waals surface area contributed by atoms with Crippen LogP contribution in [-0.2, 0) is 24.3 Å². The Bertz CT molecular complexity index is 1190. The van der Waals surface area contributed by atoms with Crippen LogP contribution in [0, 0.1) is 5.82 Å². The number of nitrogens with zero attached hydrogens (tertiary/aromatic N) is 2. The molecule has 1 heterocycles. The summed E-state index contributed by atoms with van der Waals surface area (Å²) in [5.74, 6) is -2.63. The first kappa shape index (κ1) is 25.5. The lowest BCUT2D eigenvalue weighted by Gasteiger charge is -2.25. The lowest BCUT2D eigenvalue weighted by Crippen LogP contribution is -2.32. The summed E-state index contributed by atoms with van der Waals surface area (Å²) in [6.45, 7) is 4.33. The molecular weight excluding hydrogens is 463 g/mol. The number of aliphatic hydroxyl groups is 1. The number of carbonyl (C=O) groups excluding carboxylic acids is 2. The molecule has 1 fully saturated rings. The van der Waals surface area contributed by atoms with Crippen LogP contribution in [0.4, 0.5) is 4.39 Å². The van der Waals surface area contributed by atoms with Gasteiger partial charge in [0.25, 0.3) is 11.7 Å². The summed E-state index contributed by atoms with van der Waals surface area (Å²) in [6, 6.07) is 9.81. The van der Waals surface area contributed by atoms with E-state index in [9.17, 15) is 27.5 Å². The molecule has 0 aliphatic carbocycles. The third kappa shape index (κ3) is 4.75. The normalized spacial score (nSPS) is 18.1. The molecular formula is C24H27FN2O6S. The van der Waals surface area contributed by atoms with Crippen molar-refractivity contribution < 1.29 is 32.2 Å². The van der Waals surface area contributed by atoms with Crippen LogP contribution in [0.1, 0.15) is 31.0 Å². The molecule has 1 saturated heterocycles. The van der Waals surface area contributed by atoms with Crippen LogP contribution in [0.2, 0.25) is 0 Å². The van der Waals surface area contributed by atoms with E-state index in [0.717, 1.165) is 0 Å². The van der Waals surface area contributed by atoms with E-state index in [1.807, 2.05) is 0 Å². The van der Waals surface area contributed by atoms with Crippen LogP contribution in [0.25, 0.3) is 5.76 Å². The minimum Gasteiger partial charge on any atom is -0.507 e. The van der Waals surface area contributed by atoms with Gasteiger partial charge in [-0.1, -0.05) is 26.0 Å². The number of hydrogen-bond donors (Lipinski definition) is 1. The second kappa shape index (κ2) is 10.5. The maximum Gasteiger partial charge on any atom is 0.295 e. The Hall–Kier alpha value is -3.08. The molecule has 1 unspecified atom stereocenters. The molecule has 0 spiro atoms. The Labute approximate surface area is 198 Å². The zero-order chi connectivity index (χ0) is 25.0. The second-order valence-electron chi connectivity index (χ2n) is 7.65. The molecule has 1 N–H and O–H groups in total. The molecule has 1 atom stereocenters. The van der Waals surface area contributed by atoms with Crippen LogP contribution in [0.5, 0.6) is 0 Å². The zero-order valence-corrected chi connectivity index (χ0v) is 20.0. The van der Waals surface area contributed by atoms with Gasteiger partial charge in [0.1, 0.15) is 11.6 Å². The quantitative estimate of drug-likeness (QED) is 0.329. The maximum atomic E-state index is 13.5. The minimum absolute atomic E-state index is 0.0448. The van der Waals surface area contributed by atoms with E-state index in [0.29, 0.717) is 18.7 Å². The number of rotatable bonds is 9. The first-order chi connectivity index (χ1) is 16.2. The molecule has 1 amide bonds. The van der Waals surface area contributed by atoms with Crippen LogP contribution in [0.15, 0.2) is 59.0 Å². The Balaban J connectivity index is 2.09. The van der Waals surface area contributed by atoms with Crippen molar-refractivity contribution in [3.05, 3.63) is 71.0 Å². The highest BCUT2D eigenvalue weighted by molar-refractivity contribution is 7.89. The Kier molecular flexibility index (Phi) is 7.86. The van der Waals surface area contributed by atoms with Crippen molar-refractivity contribution in [3.8, 4) is 0 Å². The number of benzene rings is 2. The van der Waals surface area contributed by atoms with Gasteiger partial charge < -0.3 is 14.7 Å². The third-order valence-electron chi connectivity index (χ3n) is 5.73. The average Bonchev–Trinajstić information content (AvgIpc) is 3.08. The fourth-order valence-electron chi connectivity index (χ4n) is 3.94. The summed E-state index contributed by atoms with van der Waals surface area (Å²) < 4.78 is 45.3. The summed E-state index contributed by atoms with van der Waals surface area (Å²) in [5.41, 5.74) is 0.460. The van der Waals surface area contributed by atoms with Crippen molar-refractivity contribution >= 4 is 27.5 Å². The number of amides is 1. The molecule has 0 bridgehead atoms. The predicted molar refractivity (Wildman–Crippen MR) is 124 cm³/mol. The van der Waals surface area contributed by atoms with Crippen LogP contribution in [-0.4, -0.2) is 67.8 Å². The third-order valence-corrected chi connectivity index (χ3v) is 7.80. The van der Waals surface area contributed by atoms with Crippen LogP contribution in [0.3, 0.4) is 0 Å². The zero-order valence-electron chi connectivity index (χ0n) is 19.2. The van der Waals surface area contributed by atoms with Gasteiger partial charge >= 0.3 is 0 Å². The number of carbonyl (C=O) groups is 2. The van der Waals surface area contributed by atoms with E-state index in [-0.39, 0.29) is 29.2 Å². The molecule has 0 saturated carbocycles. The number of ketones is 1. The van der Waals surface area contributed by atoms with E-state index in [2.05, 4.69) is 0 Å². The fraction of sp³-hybridized carbons (Fsp3) is 0.333. The highest BCUT2D eigenvalue weighted by atomic mass is 32.2. The van der Waals surface area contributed by atoms with Crippen molar-refractivity contribution in [2.24, 2.45) is 0 Å². The first-order valence-electron chi connectivity index (χ1n) is 10.8. The lowest BCUT2D eigenvalue weighted by molar-refractivity contribution is -0.140. The highest BCUT2D eigenvalue weighted by Crippen LogP contribution is 2.39. The largest absolute Gasteiger partial charge is 0.507 e. The maximum absolute atomic E-state index is 13.5. The summed E-state index contributed by atoms with van der Waals surface area (Å²) in [7, 11) is -2.25. The molecule has 10 heteroatoms. The number of likely N-dealkylation sites (tertiary alicyclic amines) is 1. The summed E-state index contributed by atoms with van der Waals surface area (Å²) in [4.78, 5) is 27.0. The van der Waals surface area contributed by atoms with E-state index in [1.165, 1.54) is 64.8 Å². The number of methoxy groups -OCH3 is 1. The van der Waals surface area contributed by atoms with E-state index in [1.54, 1.807) is 13.8 Å². The monoisotopic (exact) mass is 490 g/mol. The molecule has 182 valence electrons. The summed E-state index contributed by atoms with van der Waals surface area (Å²) in [6.07, 6.45) is 0. The standard InChI is InChI=1S/C24H27FN2O6S/c1-4-26(5-2)34(31,32)19-12-8-17(9-13-19)22(28)20-21(16-6-10-18(25)11-7-16)27(14-15-33-3)24(30)23(20)29/h6-13,21,28H,4-5,14-15H2,1-3H3. The average molecular weight is 491 g/mol. The first-order valence-corrected chi connectivity index (χ1v) is 12.2. The van der Waals surface area contributed by atoms with Crippen molar-refractivity contribution in [1.29, 1.82) is 0 Å². The van der Waals surface area contributed by atoms with Gasteiger partial charge in [-0.15, -0.1) is 0 Å². The number of hydrogen-bond acceptors (Lipinski definition) is 6. The van der Waals surface area contributed by atoms with Crippen molar-refractivity contribution in [3.63, 3.8) is 0 Å². The van der Waals surface area contributed by atoms with Crippen molar-refractivity contribution in [2.45, 2.75) is 24.8 Å². The number of Topliss-reactive ketones (excluding diaryl/α,β-unsaturated/α-hetero) is 1. The molecule has 1 aliphatic heterocycles. The van der Waals surface area contributed by atoms with Crippen molar-refractivity contribution in [2.75, 3.05) is 33.4 Å². The van der Waals surface area contributed by atoms with Crippen molar-refractivity contribution in [1.82, 2.24) is 9.21 Å². The predicted octanol–water partition coefficient (Wildman–Crippen LogP) is 2.92. The van der Waals surface area contributed by atoms with E-state index < -0.39 is 39.3 Å². The van der Waals surface area contributed by atoms with E-state index >= 15 is 0 Å². The van der Waals surface area contributed by atoms with Crippen LogP contribution >= 0.6 is 0 Å². The van der Waals surface area contributed by atoms with Gasteiger partial charge in [-0.25, -0.2) is 12.8 Å². The summed E-state index contributed by atoms with van der Waals surface area (Å²) >= 11 is 0. The molecule has 8 nitrogen and oxygen atoms in total. The number of aliphatic hydroxyl groups excluding tert-OH is 1. The van der Waals surface area contributed by atoms with Gasteiger partial charge in [0, 0.05) is 32.3 Å². The Morgan fingerprint density at radius 2 is 1.65 bits per heavy atom. The smallest absolute Gasteiger partial charge is 0.295 e. The Morgan fingerprint density at radius 3 is 2.18 bits per heavy atom. The number of sulfonamides is 1. The molecule has 2 aromatic carbocycles. The molecule has 2 aromatic rings. The number of halogens is 1. The molecule has 0 radical (unpaired) electrons. The van der Waals surface area contributed by atoms with Gasteiger partial charge in [-0.2, -0.15) is 4.31 Å². The molecule has 1 aliphatic rings. The van der Waals surface area contributed by atoms with Gasteiger partial charge in [0.15, 0.2) is 0 Å². The Morgan fingerprint density at radius 1 is 1.06 bits per heavy atom.